The fourth-order valence-corrected chi connectivity index (χ4v) is 3.92. The topological polar surface area (TPSA) is 51.5 Å². The molecular formula is C10H23NO3SSi. The van der Waals surface area contributed by atoms with Gasteiger partial charge in [-0.2, -0.15) is 0 Å². The van der Waals surface area contributed by atoms with Gasteiger partial charge in [-0.3, -0.25) is 0 Å². The van der Waals surface area contributed by atoms with Gasteiger partial charge in [0, 0.05) is 25.9 Å². The zero-order valence-electron chi connectivity index (χ0n) is 10.7. The predicted molar refractivity (Wildman–Crippen MR) is 71.0 cm³/mol. The van der Waals surface area contributed by atoms with Crippen molar-refractivity contribution in [1.29, 1.82) is 5.41 Å². The summed E-state index contributed by atoms with van der Waals surface area (Å²) in [5, 5.41) is 7.36. The molecule has 0 bridgehead atoms. The van der Waals surface area contributed by atoms with E-state index in [1.54, 1.807) is 5.16 Å². The van der Waals surface area contributed by atoms with Gasteiger partial charge >= 0.3 is 8.80 Å². The van der Waals surface area contributed by atoms with E-state index in [0.29, 0.717) is 19.8 Å². The Morgan fingerprint density at radius 1 is 1.00 bits per heavy atom. The van der Waals surface area contributed by atoms with Gasteiger partial charge in [-0.15, -0.1) is 0 Å². The van der Waals surface area contributed by atoms with Crippen LogP contribution in [0, 0.1) is 5.41 Å². The van der Waals surface area contributed by atoms with Crippen LogP contribution in [0.3, 0.4) is 0 Å². The molecule has 0 unspecified atom stereocenters. The van der Waals surface area contributed by atoms with Crippen molar-refractivity contribution in [2.45, 2.75) is 40.2 Å². The minimum atomic E-state index is -2.30. The summed E-state index contributed by atoms with van der Waals surface area (Å²) in [6.07, 6.45) is 1.05. The van der Waals surface area contributed by atoms with Crippen molar-refractivity contribution in [2.24, 2.45) is 0 Å². The molecular weight excluding hydrogens is 242 g/mol. The van der Waals surface area contributed by atoms with Gasteiger partial charge in [0.05, 0.1) is 5.16 Å². The fraction of sp³-hybridized carbons (Fsp3) is 0.900. The van der Waals surface area contributed by atoms with Gasteiger partial charge in [-0.05, 0) is 33.0 Å². The second-order valence-electron chi connectivity index (χ2n) is 2.83. The van der Waals surface area contributed by atoms with E-state index in [1.807, 2.05) is 20.8 Å². The summed E-state index contributed by atoms with van der Waals surface area (Å²) < 4.78 is 16.9. The maximum atomic E-state index is 5.77. The Bertz CT molecular complexity index is 157. The third-order valence-electron chi connectivity index (χ3n) is 1.65. The number of hydrogen-bond donors (Lipinski definition) is 1. The van der Waals surface area contributed by atoms with Crippen LogP contribution in [0.15, 0.2) is 0 Å². The molecule has 0 saturated carbocycles. The Kier molecular flexibility index (Phi) is 14.8. The van der Waals surface area contributed by atoms with E-state index < -0.39 is 8.80 Å². The van der Waals surface area contributed by atoms with Crippen molar-refractivity contribution in [1.82, 2.24) is 0 Å². The summed E-state index contributed by atoms with van der Waals surface area (Å²) in [6, 6.07) is 0.919. The van der Waals surface area contributed by atoms with Crippen molar-refractivity contribution in [2.75, 3.05) is 19.8 Å². The third-order valence-corrected chi connectivity index (χ3v) is 4.95. The SMILES string of the molecule is CCC[Si](OCC)(OCC)OCC.N=C=S. The molecule has 0 aliphatic rings. The molecule has 0 radical (unpaired) electrons. The zero-order valence-corrected chi connectivity index (χ0v) is 12.5. The van der Waals surface area contributed by atoms with Crippen LogP contribution >= 0.6 is 12.2 Å². The lowest BCUT2D eigenvalue weighted by atomic mass is 10.6. The first kappa shape index (κ1) is 18.3. The first-order chi connectivity index (χ1) is 7.66. The summed E-state index contributed by atoms with van der Waals surface area (Å²) in [7, 11) is -2.30. The molecule has 0 atom stereocenters. The molecule has 0 amide bonds. The van der Waals surface area contributed by atoms with Crippen LogP contribution in [0.2, 0.25) is 6.04 Å². The number of thiocarbonyl (C=S) groups is 1. The average molecular weight is 265 g/mol. The van der Waals surface area contributed by atoms with Gasteiger partial charge in [0.15, 0.2) is 0 Å². The third kappa shape index (κ3) is 9.15. The molecule has 0 spiro atoms. The highest BCUT2D eigenvalue weighted by Gasteiger charge is 2.38. The Hall–Kier alpha value is -0.103. The van der Waals surface area contributed by atoms with Gasteiger partial charge in [0.2, 0.25) is 0 Å². The molecule has 0 aromatic carbocycles. The van der Waals surface area contributed by atoms with Crippen molar-refractivity contribution >= 4 is 26.2 Å². The normalized spacial score (nSPS) is 10.2. The number of hydrogen-bond acceptors (Lipinski definition) is 5. The smallest absolute Gasteiger partial charge is 0.374 e. The lowest BCUT2D eigenvalue weighted by Gasteiger charge is -2.27. The molecule has 0 aromatic rings. The van der Waals surface area contributed by atoms with Gasteiger partial charge in [-0.25, -0.2) is 5.41 Å². The molecule has 0 heterocycles. The average Bonchev–Trinajstić information content (AvgIpc) is 2.20. The Morgan fingerprint density at radius 3 is 1.50 bits per heavy atom. The first-order valence-corrected chi connectivity index (χ1v) is 7.95. The van der Waals surface area contributed by atoms with Crippen LogP contribution in [0.25, 0.3) is 0 Å². The molecule has 0 fully saturated rings. The molecule has 1 N–H and O–H groups in total. The Morgan fingerprint density at radius 2 is 1.31 bits per heavy atom. The Balaban J connectivity index is 0. The lowest BCUT2D eigenvalue weighted by Crippen LogP contribution is -2.45. The first-order valence-electron chi connectivity index (χ1n) is 5.61. The highest BCUT2D eigenvalue weighted by atomic mass is 32.1. The predicted octanol–water partition coefficient (Wildman–Crippen LogP) is 3.11. The number of isothiocyanates is 1. The van der Waals surface area contributed by atoms with Crippen LogP contribution in [-0.2, 0) is 13.3 Å². The summed E-state index contributed by atoms with van der Waals surface area (Å²) in [5.41, 5.74) is 0. The van der Waals surface area contributed by atoms with Crippen LogP contribution in [-0.4, -0.2) is 33.8 Å². The van der Waals surface area contributed by atoms with E-state index in [2.05, 4.69) is 19.1 Å². The van der Waals surface area contributed by atoms with Crippen molar-refractivity contribution < 1.29 is 13.3 Å². The lowest BCUT2D eigenvalue weighted by molar-refractivity contribution is 0.0712. The second kappa shape index (κ2) is 13.0. The highest BCUT2D eigenvalue weighted by molar-refractivity contribution is 7.78. The van der Waals surface area contributed by atoms with Gasteiger partial charge in [0.1, 0.15) is 0 Å². The van der Waals surface area contributed by atoms with E-state index in [9.17, 15) is 0 Å². The van der Waals surface area contributed by atoms with E-state index >= 15 is 0 Å². The molecule has 16 heavy (non-hydrogen) atoms. The van der Waals surface area contributed by atoms with Gasteiger partial charge in [0.25, 0.3) is 0 Å². The molecule has 0 aliphatic heterocycles. The molecule has 0 aliphatic carbocycles. The molecule has 0 aromatic heterocycles. The Labute approximate surface area is 105 Å². The maximum absolute atomic E-state index is 5.77. The van der Waals surface area contributed by atoms with Crippen LogP contribution in [0.1, 0.15) is 34.1 Å². The molecule has 96 valence electrons. The summed E-state index contributed by atoms with van der Waals surface area (Å²) in [5.74, 6) is 0. The van der Waals surface area contributed by atoms with Crippen LogP contribution < -0.4 is 0 Å². The van der Waals surface area contributed by atoms with Crippen LogP contribution in [0.5, 0.6) is 0 Å². The van der Waals surface area contributed by atoms with E-state index in [4.69, 9.17) is 18.7 Å². The summed E-state index contributed by atoms with van der Waals surface area (Å²) in [6.45, 7) is 10.1. The molecule has 0 rings (SSSR count). The maximum Gasteiger partial charge on any atom is 0.500 e. The monoisotopic (exact) mass is 265 g/mol. The number of rotatable bonds is 8. The highest BCUT2D eigenvalue weighted by Crippen LogP contribution is 2.17. The zero-order chi connectivity index (χ0) is 12.9. The van der Waals surface area contributed by atoms with Crippen LogP contribution in [0.4, 0.5) is 0 Å². The standard InChI is InChI=1S/C9H22O3Si.CHNS/c1-5-9-13(10-6-2,11-7-3)12-8-4;2-1-3/h5-9H2,1-4H3;2H. The summed E-state index contributed by atoms with van der Waals surface area (Å²) >= 11 is 3.81. The minimum absolute atomic E-state index is 0.673. The second-order valence-corrected chi connectivity index (χ2v) is 5.77. The van der Waals surface area contributed by atoms with Crippen molar-refractivity contribution in [3.8, 4) is 0 Å². The van der Waals surface area contributed by atoms with E-state index in [0.717, 1.165) is 12.5 Å². The van der Waals surface area contributed by atoms with Crippen molar-refractivity contribution in [3.05, 3.63) is 0 Å². The molecule has 0 saturated heterocycles. The fourth-order valence-electron chi connectivity index (χ4n) is 1.31. The van der Waals surface area contributed by atoms with Gasteiger partial charge < -0.3 is 13.3 Å². The van der Waals surface area contributed by atoms with Gasteiger partial charge in [-0.1, -0.05) is 13.3 Å². The van der Waals surface area contributed by atoms with E-state index in [-0.39, 0.29) is 0 Å². The quantitative estimate of drug-likeness (QED) is 0.416. The number of nitrogens with one attached hydrogen (secondary N) is 1. The van der Waals surface area contributed by atoms with E-state index in [1.165, 1.54) is 0 Å². The minimum Gasteiger partial charge on any atom is -0.374 e. The largest absolute Gasteiger partial charge is 0.500 e. The molecule has 4 nitrogen and oxygen atoms in total. The summed E-state index contributed by atoms with van der Waals surface area (Å²) in [4.78, 5) is 0. The van der Waals surface area contributed by atoms with Crippen molar-refractivity contribution in [3.63, 3.8) is 0 Å². The molecule has 6 heteroatoms.